The maximum atomic E-state index is 11.9. The van der Waals surface area contributed by atoms with Gasteiger partial charge in [0.1, 0.15) is 0 Å². The van der Waals surface area contributed by atoms with Crippen molar-refractivity contribution in [3.63, 3.8) is 0 Å². The van der Waals surface area contributed by atoms with Gasteiger partial charge in [0, 0.05) is 0 Å². The van der Waals surface area contributed by atoms with E-state index in [0.717, 1.165) is 0 Å². The summed E-state index contributed by atoms with van der Waals surface area (Å²) in [6, 6.07) is 0. The van der Waals surface area contributed by atoms with Crippen LogP contribution in [0.25, 0.3) is 0 Å². The molecule has 0 amide bonds. The average Bonchev–Trinajstić information content (AvgIpc) is 2.24. The summed E-state index contributed by atoms with van der Waals surface area (Å²) in [5, 5.41) is 19.0. The van der Waals surface area contributed by atoms with Crippen molar-refractivity contribution in [2.24, 2.45) is 5.73 Å². The van der Waals surface area contributed by atoms with Crippen LogP contribution in [-0.2, 0) is 9.59 Å². The van der Waals surface area contributed by atoms with Gasteiger partial charge in [-0.3, -0.25) is 0 Å². The first-order valence-corrected chi connectivity index (χ1v) is 11.5. The van der Waals surface area contributed by atoms with E-state index in [0.29, 0.717) is 11.1 Å². The molecule has 8 heteroatoms. The summed E-state index contributed by atoms with van der Waals surface area (Å²) < 4.78 is 0. The number of ketones is 1. The zero-order chi connectivity index (χ0) is 13.6. The predicted octanol–water partition coefficient (Wildman–Crippen LogP) is -0.759. The number of hydrogen-bond donors (Lipinski definition) is 3. The second-order valence-electron chi connectivity index (χ2n) is 3.64. The SMILES string of the molecule is C[Se]C[C@H](O)C(=O)C(N)(CCS(C)=[Se])C(=O)O. The molecule has 3 atom stereocenters. The summed E-state index contributed by atoms with van der Waals surface area (Å²) >= 11 is 2.95. The van der Waals surface area contributed by atoms with Crippen LogP contribution in [0.4, 0.5) is 0 Å². The number of rotatable bonds is 8. The van der Waals surface area contributed by atoms with Crippen molar-refractivity contribution in [1.29, 1.82) is 0 Å². The number of nitrogens with two attached hydrogens (primary N) is 1. The van der Waals surface area contributed by atoms with Gasteiger partial charge >= 0.3 is 117 Å². The Balaban J connectivity index is 4.87. The van der Waals surface area contributed by atoms with Gasteiger partial charge in [0.2, 0.25) is 0 Å². The van der Waals surface area contributed by atoms with Gasteiger partial charge in [0.15, 0.2) is 0 Å². The standard InChI is InChI=1S/C9H17NO4SSe2/c1-15(16)4-3-9(10,8(13)14)7(12)6(11)5-17-2/h6,11H,3-5,10H2,1-2H3,(H,13,14)/t6-,9?,15?/m0/s1. The van der Waals surface area contributed by atoms with Gasteiger partial charge < -0.3 is 0 Å². The fourth-order valence-corrected chi connectivity index (χ4v) is 3.29. The summed E-state index contributed by atoms with van der Waals surface area (Å²) in [6.07, 6.45) is 0.681. The topological polar surface area (TPSA) is 101 Å². The van der Waals surface area contributed by atoms with Crippen LogP contribution in [0.2, 0.25) is 11.1 Å². The molecule has 0 aliphatic rings. The predicted molar refractivity (Wildman–Crippen MR) is 70.7 cm³/mol. The molecule has 5 nitrogen and oxygen atoms in total. The Morgan fingerprint density at radius 2 is 2.12 bits per heavy atom. The number of carbonyl (C=O) groups is 2. The monoisotopic (exact) mass is 395 g/mol. The van der Waals surface area contributed by atoms with E-state index in [9.17, 15) is 14.7 Å². The normalized spacial score (nSPS) is 18.1. The van der Waals surface area contributed by atoms with Crippen LogP contribution in [0.1, 0.15) is 6.42 Å². The molecule has 0 radical (unpaired) electrons. The van der Waals surface area contributed by atoms with Crippen molar-refractivity contribution < 1.29 is 19.8 Å². The molecule has 0 rings (SSSR count). The quantitative estimate of drug-likeness (QED) is 0.372. The maximum absolute atomic E-state index is 11.9. The van der Waals surface area contributed by atoms with Crippen LogP contribution >= 0.6 is 8.82 Å². The zero-order valence-electron chi connectivity index (χ0n) is 9.71. The number of aliphatic carboxylic acids is 1. The minimum atomic E-state index is -1.96. The Morgan fingerprint density at radius 3 is 2.47 bits per heavy atom. The molecule has 0 bridgehead atoms. The molecule has 0 spiro atoms. The molecule has 100 valence electrons. The summed E-state index contributed by atoms with van der Waals surface area (Å²) in [4.78, 5) is 23.0. The van der Waals surface area contributed by atoms with E-state index in [1.165, 1.54) is 0 Å². The molecule has 0 aliphatic carbocycles. The first kappa shape index (κ1) is 17.4. The molecule has 0 fully saturated rings. The van der Waals surface area contributed by atoms with E-state index in [1.807, 2.05) is 12.1 Å². The Labute approximate surface area is 116 Å². The van der Waals surface area contributed by atoms with Crippen molar-refractivity contribution in [3.8, 4) is 0 Å². The van der Waals surface area contributed by atoms with Crippen LogP contribution in [0.15, 0.2) is 0 Å². The summed E-state index contributed by atoms with van der Waals surface area (Å²) in [5.41, 5.74) is 3.69. The van der Waals surface area contributed by atoms with Gasteiger partial charge in [-0.15, -0.1) is 0 Å². The molecule has 0 heterocycles. The van der Waals surface area contributed by atoms with Crippen LogP contribution in [0.5, 0.6) is 0 Å². The Bertz CT molecular complexity index is 326. The number of carboxylic acid groups (broad SMARTS) is 1. The van der Waals surface area contributed by atoms with Crippen molar-refractivity contribution in [1.82, 2.24) is 0 Å². The fraction of sp³-hybridized carbons (Fsp3) is 0.778. The third-order valence-corrected chi connectivity index (χ3v) is 5.42. The second-order valence-corrected chi connectivity index (χ2v) is 10.7. The molecule has 17 heavy (non-hydrogen) atoms. The Morgan fingerprint density at radius 1 is 1.59 bits per heavy atom. The number of carboxylic acids is 1. The van der Waals surface area contributed by atoms with Gasteiger partial charge in [-0.05, 0) is 0 Å². The molecular formula is C9H17NO4SSe2. The molecule has 0 aromatic heterocycles. The van der Waals surface area contributed by atoms with Crippen molar-refractivity contribution in [3.05, 3.63) is 0 Å². The first-order valence-electron chi connectivity index (χ1n) is 4.79. The van der Waals surface area contributed by atoms with Gasteiger partial charge in [0.05, 0.1) is 0 Å². The van der Waals surface area contributed by atoms with E-state index in [4.69, 9.17) is 10.8 Å². The van der Waals surface area contributed by atoms with Gasteiger partial charge in [-0.1, -0.05) is 0 Å². The minimum absolute atomic E-state index is 0.0432. The van der Waals surface area contributed by atoms with Gasteiger partial charge in [-0.25, -0.2) is 0 Å². The molecule has 0 saturated heterocycles. The molecule has 4 N–H and O–H groups in total. The van der Waals surface area contributed by atoms with Crippen molar-refractivity contribution in [2.45, 2.75) is 29.2 Å². The third kappa shape index (κ3) is 5.30. The first-order chi connectivity index (χ1) is 7.75. The number of carbonyl (C=O) groups excluding carboxylic acids is 1. The molecule has 2 unspecified atom stereocenters. The summed E-state index contributed by atoms with van der Waals surface area (Å²) in [5.74, 6) is 0.237. The number of aliphatic hydroxyl groups excluding tert-OH is 1. The van der Waals surface area contributed by atoms with E-state index in [-0.39, 0.29) is 30.2 Å². The van der Waals surface area contributed by atoms with Crippen molar-refractivity contribution >= 4 is 49.9 Å². The molecule has 0 aromatic rings. The van der Waals surface area contributed by atoms with Gasteiger partial charge in [-0.2, -0.15) is 0 Å². The van der Waals surface area contributed by atoms with E-state index >= 15 is 0 Å². The Kier molecular flexibility index (Phi) is 8.00. The van der Waals surface area contributed by atoms with Gasteiger partial charge in [0.25, 0.3) is 0 Å². The van der Waals surface area contributed by atoms with Crippen LogP contribution < -0.4 is 5.73 Å². The molecule has 0 aliphatic heterocycles. The molecule has 0 aromatic carbocycles. The average molecular weight is 393 g/mol. The Hall–Kier alpha value is 0.449. The summed E-state index contributed by atoms with van der Waals surface area (Å²) in [7, 11) is -0.110. The van der Waals surface area contributed by atoms with Crippen LogP contribution in [0, 0.1) is 0 Å². The summed E-state index contributed by atoms with van der Waals surface area (Å²) in [6.45, 7) is 0. The van der Waals surface area contributed by atoms with Crippen LogP contribution in [-0.4, -0.2) is 75.0 Å². The third-order valence-electron chi connectivity index (χ3n) is 2.23. The fourth-order valence-electron chi connectivity index (χ4n) is 1.17. The van der Waals surface area contributed by atoms with E-state index in [2.05, 4.69) is 14.4 Å². The van der Waals surface area contributed by atoms with Crippen LogP contribution in [0.3, 0.4) is 0 Å². The van der Waals surface area contributed by atoms with E-state index in [1.54, 1.807) is 0 Å². The van der Waals surface area contributed by atoms with E-state index < -0.39 is 23.4 Å². The zero-order valence-corrected chi connectivity index (χ0v) is 14.0. The number of aliphatic hydroxyl groups is 1. The second kappa shape index (κ2) is 7.79. The molecule has 0 saturated carbocycles. The molecular weight excluding hydrogens is 376 g/mol. The van der Waals surface area contributed by atoms with Crippen molar-refractivity contribution in [2.75, 3.05) is 12.0 Å². The number of Topliss-reactive ketones (excluding diaryl/α,β-unsaturated/α-hetero) is 1. The number of hydrogen-bond acceptors (Lipinski definition) is 4.